The lowest BCUT2D eigenvalue weighted by molar-refractivity contribution is 0.0366. The highest BCUT2D eigenvalue weighted by molar-refractivity contribution is 5.70. The Balaban J connectivity index is 1.23. The number of aromatic nitrogens is 2. The van der Waals surface area contributed by atoms with Crippen LogP contribution in [-0.4, -0.2) is 102 Å². The summed E-state index contributed by atoms with van der Waals surface area (Å²) in [6.07, 6.45) is 5.39. The topological polar surface area (TPSA) is 91.1 Å². The zero-order valence-electron chi connectivity index (χ0n) is 17.6. The molecule has 1 aromatic rings. The van der Waals surface area contributed by atoms with Crippen molar-refractivity contribution >= 4 is 17.9 Å². The first-order chi connectivity index (χ1) is 13.9. The third-order valence-corrected chi connectivity index (χ3v) is 6.58. The van der Waals surface area contributed by atoms with Gasteiger partial charge in [0.15, 0.2) is 0 Å². The summed E-state index contributed by atoms with van der Waals surface area (Å²) in [4.78, 5) is 29.6. The van der Waals surface area contributed by atoms with E-state index in [1.807, 2.05) is 11.0 Å². The quantitative estimate of drug-likeness (QED) is 0.748. The van der Waals surface area contributed by atoms with E-state index >= 15 is 0 Å². The van der Waals surface area contributed by atoms with Gasteiger partial charge in [-0.05, 0) is 46.1 Å². The summed E-state index contributed by atoms with van der Waals surface area (Å²) >= 11 is 0. The van der Waals surface area contributed by atoms with Crippen molar-refractivity contribution in [1.82, 2.24) is 24.7 Å². The minimum Gasteiger partial charge on any atom is -0.441 e. The molecule has 4 rings (SSSR count). The van der Waals surface area contributed by atoms with E-state index in [0.717, 1.165) is 64.3 Å². The van der Waals surface area contributed by atoms with Crippen molar-refractivity contribution in [3.63, 3.8) is 0 Å². The van der Waals surface area contributed by atoms with Gasteiger partial charge in [-0.25, -0.2) is 9.78 Å². The Kier molecular flexibility index (Phi) is 5.78. The first-order valence-corrected chi connectivity index (χ1v) is 10.6. The van der Waals surface area contributed by atoms with Crippen molar-refractivity contribution in [3.8, 4) is 0 Å². The molecule has 2 N–H and O–H groups in total. The van der Waals surface area contributed by atoms with Crippen molar-refractivity contribution in [1.29, 1.82) is 0 Å². The lowest BCUT2D eigenvalue weighted by Crippen LogP contribution is -2.47. The lowest BCUT2D eigenvalue weighted by atomic mass is 9.91. The number of nitrogen functional groups attached to an aromatic ring is 1. The monoisotopic (exact) mass is 403 g/mol. The number of hydrogen-bond acceptors (Lipinski definition) is 8. The number of anilines is 2. The minimum absolute atomic E-state index is 0.155. The average molecular weight is 404 g/mol. The van der Waals surface area contributed by atoms with Crippen LogP contribution >= 0.6 is 0 Å². The number of likely N-dealkylation sites (tertiary alicyclic amines) is 1. The maximum absolute atomic E-state index is 12.4. The highest BCUT2D eigenvalue weighted by atomic mass is 16.6. The highest BCUT2D eigenvalue weighted by Gasteiger charge is 2.46. The Morgan fingerprint density at radius 3 is 2.76 bits per heavy atom. The van der Waals surface area contributed by atoms with Gasteiger partial charge >= 0.3 is 6.09 Å². The molecule has 1 amide bonds. The van der Waals surface area contributed by atoms with Crippen LogP contribution in [0.1, 0.15) is 25.7 Å². The van der Waals surface area contributed by atoms with Gasteiger partial charge in [-0.3, -0.25) is 0 Å². The summed E-state index contributed by atoms with van der Waals surface area (Å²) in [5.74, 6) is 1.13. The molecule has 9 heteroatoms. The van der Waals surface area contributed by atoms with Crippen molar-refractivity contribution in [2.75, 3.05) is 70.5 Å². The Labute approximate surface area is 172 Å². The van der Waals surface area contributed by atoms with E-state index in [4.69, 9.17) is 10.5 Å². The second-order valence-electron chi connectivity index (χ2n) is 8.79. The van der Waals surface area contributed by atoms with Gasteiger partial charge in [0.25, 0.3) is 0 Å². The number of ether oxygens (including phenoxy) is 1. The van der Waals surface area contributed by atoms with Crippen LogP contribution in [0.25, 0.3) is 0 Å². The molecule has 9 nitrogen and oxygen atoms in total. The molecule has 3 fully saturated rings. The number of piperidine rings is 1. The van der Waals surface area contributed by atoms with Crippen molar-refractivity contribution < 1.29 is 9.53 Å². The maximum Gasteiger partial charge on any atom is 0.410 e. The molecular weight excluding hydrogens is 370 g/mol. The number of carbonyl (C=O) groups excluding carboxylic acids is 1. The standard InChI is InChI=1S/C20H33N7O2/c1-24(2)16-5-11-25(14-16)9-3-10-27-15-20(29-19(27)28)6-12-26(13-7-20)17-4-8-22-18(21)23-17/h4,8,16H,3,5-7,9-15H2,1-2H3,(H2,21,22,23)/t16-/m1/s1. The molecule has 4 heterocycles. The molecule has 1 aromatic heterocycles. The second-order valence-corrected chi connectivity index (χ2v) is 8.79. The Morgan fingerprint density at radius 1 is 1.28 bits per heavy atom. The molecule has 3 aliphatic heterocycles. The van der Waals surface area contributed by atoms with E-state index in [2.05, 4.69) is 38.8 Å². The summed E-state index contributed by atoms with van der Waals surface area (Å²) in [6.45, 7) is 6.41. The molecular formula is C20H33N7O2. The number of amides is 1. The van der Waals surface area contributed by atoms with Crippen LogP contribution in [0.2, 0.25) is 0 Å². The van der Waals surface area contributed by atoms with Gasteiger partial charge in [0, 0.05) is 51.3 Å². The summed E-state index contributed by atoms with van der Waals surface area (Å²) in [5, 5.41) is 0. The zero-order valence-corrected chi connectivity index (χ0v) is 17.6. The fourth-order valence-electron chi connectivity index (χ4n) is 4.73. The normalized spacial score (nSPS) is 24.7. The van der Waals surface area contributed by atoms with Crippen LogP contribution in [-0.2, 0) is 4.74 Å². The van der Waals surface area contributed by atoms with Crippen LogP contribution in [0.4, 0.5) is 16.6 Å². The van der Waals surface area contributed by atoms with Crippen LogP contribution in [0.15, 0.2) is 12.3 Å². The number of nitrogens with zero attached hydrogens (tertiary/aromatic N) is 6. The van der Waals surface area contributed by atoms with Gasteiger partial charge in [0.2, 0.25) is 5.95 Å². The summed E-state index contributed by atoms with van der Waals surface area (Å²) in [6, 6.07) is 2.53. The third-order valence-electron chi connectivity index (χ3n) is 6.58. The average Bonchev–Trinajstić information content (AvgIpc) is 3.28. The Bertz CT molecular complexity index is 721. The molecule has 0 aliphatic carbocycles. The van der Waals surface area contributed by atoms with Gasteiger partial charge in [-0.15, -0.1) is 0 Å². The highest BCUT2D eigenvalue weighted by Crippen LogP contribution is 2.34. The van der Waals surface area contributed by atoms with Crippen LogP contribution < -0.4 is 10.6 Å². The number of hydrogen-bond donors (Lipinski definition) is 1. The SMILES string of the molecule is CN(C)[C@@H]1CCN(CCCN2CC3(CCN(c4ccnc(N)n4)CC3)OC2=O)C1. The molecule has 0 aromatic carbocycles. The molecule has 0 saturated carbocycles. The first kappa shape index (κ1) is 20.2. The van der Waals surface area contributed by atoms with Crippen LogP contribution in [0, 0.1) is 0 Å². The van der Waals surface area contributed by atoms with E-state index in [-0.39, 0.29) is 17.6 Å². The predicted octanol–water partition coefficient (Wildman–Crippen LogP) is 0.876. The van der Waals surface area contributed by atoms with E-state index in [1.54, 1.807) is 6.20 Å². The second kappa shape index (κ2) is 8.31. The number of carbonyl (C=O) groups is 1. The minimum atomic E-state index is -0.351. The van der Waals surface area contributed by atoms with Crippen LogP contribution in [0.5, 0.6) is 0 Å². The van der Waals surface area contributed by atoms with Crippen molar-refractivity contribution in [2.24, 2.45) is 0 Å². The third kappa shape index (κ3) is 4.56. The molecule has 0 unspecified atom stereocenters. The maximum atomic E-state index is 12.4. The Morgan fingerprint density at radius 2 is 2.07 bits per heavy atom. The first-order valence-electron chi connectivity index (χ1n) is 10.6. The van der Waals surface area contributed by atoms with E-state index in [9.17, 15) is 4.79 Å². The van der Waals surface area contributed by atoms with Gasteiger partial charge in [-0.2, -0.15) is 4.98 Å². The number of rotatable bonds is 6. The molecule has 3 aliphatic rings. The van der Waals surface area contributed by atoms with E-state index in [1.165, 1.54) is 6.42 Å². The largest absolute Gasteiger partial charge is 0.441 e. The van der Waals surface area contributed by atoms with Gasteiger partial charge in [0.1, 0.15) is 11.4 Å². The van der Waals surface area contributed by atoms with E-state index in [0.29, 0.717) is 12.6 Å². The molecule has 0 bridgehead atoms. The zero-order chi connectivity index (χ0) is 20.4. The van der Waals surface area contributed by atoms with Gasteiger partial charge < -0.3 is 30.1 Å². The number of nitrogens with two attached hydrogens (primary N) is 1. The molecule has 3 saturated heterocycles. The van der Waals surface area contributed by atoms with Crippen molar-refractivity contribution in [2.45, 2.75) is 37.3 Å². The molecule has 1 atom stereocenters. The van der Waals surface area contributed by atoms with Crippen LogP contribution in [0.3, 0.4) is 0 Å². The molecule has 0 radical (unpaired) electrons. The lowest BCUT2D eigenvalue weighted by Gasteiger charge is -2.37. The van der Waals surface area contributed by atoms with Crippen molar-refractivity contribution in [3.05, 3.63) is 12.3 Å². The smallest absolute Gasteiger partial charge is 0.410 e. The fraction of sp³-hybridized carbons (Fsp3) is 0.750. The molecule has 29 heavy (non-hydrogen) atoms. The molecule has 1 spiro atoms. The van der Waals surface area contributed by atoms with Gasteiger partial charge in [-0.1, -0.05) is 0 Å². The fourth-order valence-corrected chi connectivity index (χ4v) is 4.73. The summed E-state index contributed by atoms with van der Waals surface area (Å²) in [7, 11) is 4.30. The molecule has 160 valence electrons. The summed E-state index contributed by atoms with van der Waals surface area (Å²) < 4.78 is 5.86. The predicted molar refractivity (Wildman–Crippen MR) is 112 cm³/mol. The van der Waals surface area contributed by atoms with E-state index < -0.39 is 0 Å². The number of likely N-dealkylation sites (N-methyl/N-ethyl adjacent to an activating group) is 1. The van der Waals surface area contributed by atoms with Gasteiger partial charge in [0.05, 0.1) is 6.54 Å². The summed E-state index contributed by atoms with van der Waals surface area (Å²) in [5.41, 5.74) is 5.35. The Hall–Kier alpha value is -2.13.